The van der Waals surface area contributed by atoms with Crippen LogP contribution in [0.3, 0.4) is 0 Å². The van der Waals surface area contributed by atoms with E-state index in [1.807, 2.05) is 0 Å². The number of carboxylic acid groups (broad SMARTS) is 1. The van der Waals surface area contributed by atoms with Crippen LogP contribution in [0.25, 0.3) is 0 Å². The summed E-state index contributed by atoms with van der Waals surface area (Å²) in [6.45, 7) is 2.87. The third-order valence-electron chi connectivity index (χ3n) is 2.96. The van der Waals surface area contributed by atoms with Crippen LogP contribution in [-0.4, -0.2) is 52.8 Å². The van der Waals surface area contributed by atoms with Gasteiger partial charge in [0.15, 0.2) is 0 Å². The highest BCUT2D eigenvalue weighted by molar-refractivity contribution is 5.79. The number of nitrogens with zero attached hydrogens (tertiary/aromatic N) is 2. The van der Waals surface area contributed by atoms with Gasteiger partial charge in [0.2, 0.25) is 5.91 Å². The van der Waals surface area contributed by atoms with Crippen LogP contribution in [0.5, 0.6) is 0 Å². The Kier molecular flexibility index (Phi) is 4.16. The van der Waals surface area contributed by atoms with Crippen molar-refractivity contribution in [2.45, 2.75) is 25.8 Å². The first kappa shape index (κ1) is 13.5. The zero-order valence-corrected chi connectivity index (χ0v) is 10.7. The molecule has 1 atom stereocenters. The molecule has 1 aromatic heterocycles. The predicted molar refractivity (Wildman–Crippen MR) is 63.5 cm³/mol. The summed E-state index contributed by atoms with van der Waals surface area (Å²) in [4.78, 5) is 24.5. The molecule has 1 saturated heterocycles. The maximum absolute atomic E-state index is 12.2. The molecule has 7 heteroatoms. The standard InChI is InChI=1S/C12H16N2O5/c1-8-4-10(19-13-8)6-11(15)14-2-3-18-7-9(14)5-12(16)17/h4,9H,2-3,5-7H2,1H3,(H,16,17)/t9-/m1/s1. The fourth-order valence-corrected chi connectivity index (χ4v) is 2.10. The zero-order chi connectivity index (χ0) is 13.8. The fraction of sp³-hybridized carbons (Fsp3) is 0.583. The van der Waals surface area contributed by atoms with Crippen LogP contribution in [0.4, 0.5) is 0 Å². The number of rotatable bonds is 4. The van der Waals surface area contributed by atoms with Crippen molar-refractivity contribution in [3.63, 3.8) is 0 Å². The normalized spacial score (nSPS) is 19.4. The van der Waals surface area contributed by atoms with Crippen molar-refractivity contribution >= 4 is 11.9 Å². The number of carboxylic acids is 1. The Morgan fingerprint density at radius 2 is 2.37 bits per heavy atom. The molecule has 1 aromatic rings. The summed E-state index contributed by atoms with van der Waals surface area (Å²) < 4.78 is 10.2. The third kappa shape index (κ3) is 3.54. The van der Waals surface area contributed by atoms with Crippen LogP contribution in [0.1, 0.15) is 17.9 Å². The molecule has 104 valence electrons. The van der Waals surface area contributed by atoms with Crippen molar-refractivity contribution in [2.75, 3.05) is 19.8 Å². The first-order valence-electron chi connectivity index (χ1n) is 6.07. The molecule has 0 radical (unpaired) electrons. The summed E-state index contributed by atoms with van der Waals surface area (Å²) in [5.41, 5.74) is 0.715. The number of aromatic nitrogens is 1. The highest BCUT2D eigenvalue weighted by Crippen LogP contribution is 2.14. The molecule has 1 aliphatic rings. The average molecular weight is 268 g/mol. The number of hydrogen-bond donors (Lipinski definition) is 1. The molecule has 0 aliphatic carbocycles. The van der Waals surface area contributed by atoms with Gasteiger partial charge in [0.1, 0.15) is 5.76 Å². The molecule has 2 rings (SSSR count). The minimum atomic E-state index is -0.941. The molecule has 19 heavy (non-hydrogen) atoms. The molecule has 0 aromatic carbocycles. The highest BCUT2D eigenvalue weighted by atomic mass is 16.5. The lowest BCUT2D eigenvalue weighted by molar-refractivity contribution is -0.146. The van der Waals surface area contributed by atoms with Gasteiger partial charge >= 0.3 is 5.97 Å². The SMILES string of the molecule is Cc1cc(CC(=O)N2CCOC[C@H]2CC(=O)O)on1. The number of aryl methyl sites for hydroxylation is 1. The van der Waals surface area contributed by atoms with Crippen molar-refractivity contribution in [1.82, 2.24) is 10.1 Å². The summed E-state index contributed by atoms with van der Waals surface area (Å²) in [5, 5.41) is 12.6. The van der Waals surface area contributed by atoms with E-state index in [9.17, 15) is 9.59 Å². The number of aliphatic carboxylic acids is 1. The van der Waals surface area contributed by atoms with Gasteiger partial charge in [-0.1, -0.05) is 5.16 Å². The summed E-state index contributed by atoms with van der Waals surface area (Å²) >= 11 is 0. The van der Waals surface area contributed by atoms with Crippen molar-refractivity contribution in [1.29, 1.82) is 0 Å². The molecule has 0 saturated carbocycles. The van der Waals surface area contributed by atoms with Gasteiger partial charge in [-0.15, -0.1) is 0 Å². The molecule has 2 heterocycles. The number of carbonyl (C=O) groups excluding carboxylic acids is 1. The number of amides is 1. The van der Waals surface area contributed by atoms with Crippen LogP contribution in [0.2, 0.25) is 0 Å². The maximum Gasteiger partial charge on any atom is 0.305 e. The highest BCUT2D eigenvalue weighted by Gasteiger charge is 2.29. The molecule has 7 nitrogen and oxygen atoms in total. The van der Waals surface area contributed by atoms with Crippen LogP contribution >= 0.6 is 0 Å². The van der Waals surface area contributed by atoms with Gasteiger partial charge in [-0.3, -0.25) is 9.59 Å². The summed E-state index contributed by atoms with van der Waals surface area (Å²) in [6.07, 6.45) is -0.0157. The molecule has 1 N–H and O–H groups in total. The lowest BCUT2D eigenvalue weighted by Gasteiger charge is -2.34. The minimum Gasteiger partial charge on any atom is -0.481 e. The predicted octanol–water partition coefficient (Wildman–Crippen LogP) is 0.228. The van der Waals surface area contributed by atoms with Gasteiger partial charge in [-0.05, 0) is 6.92 Å². The Bertz CT molecular complexity index is 470. The molecule has 0 bridgehead atoms. The summed E-state index contributed by atoms with van der Waals surface area (Å²) in [6, 6.07) is 1.28. The molecular formula is C12H16N2O5. The zero-order valence-electron chi connectivity index (χ0n) is 10.7. The van der Waals surface area contributed by atoms with E-state index in [0.29, 0.717) is 24.6 Å². The molecule has 0 spiro atoms. The monoisotopic (exact) mass is 268 g/mol. The number of ether oxygens (including phenoxy) is 1. The van der Waals surface area contributed by atoms with Crippen molar-refractivity contribution in [3.8, 4) is 0 Å². The van der Waals surface area contributed by atoms with Gasteiger partial charge in [0, 0.05) is 12.6 Å². The maximum atomic E-state index is 12.2. The number of carbonyl (C=O) groups is 2. The Morgan fingerprint density at radius 1 is 1.58 bits per heavy atom. The van der Waals surface area contributed by atoms with Gasteiger partial charge in [-0.25, -0.2) is 0 Å². The second kappa shape index (κ2) is 5.83. The second-order valence-electron chi connectivity index (χ2n) is 4.53. The first-order chi connectivity index (χ1) is 9.06. The summed E-state index contributed by atoms with van der Waals surface area (Å²) in [5.74, 6) is -0.613. The molecule has 1 amide bonds. The van der Waals surface area contributed by atoms with E-state index in [1.165, 1.54) is 0 Å². The van der Waals surface area contributed by atoms with Crippen molar-refractivity contribution in [3.05, 3.63) is 17.5 Å². The van der Waals surface area contributed by atoms with Gasteiger partial charge < -0.3 is 19.3 Å². The average Bonchev–Trinajstić information content (AvgIpc) is 2.74. The minimum absolute atomic E-state index is 0.0942. The molecular weight excluding hydrogens is 252 g/mol. The van der Waals surface area contributed by atoms with E-state index >= 15 is 0 Å². The lowest BCUT2D eigenvalue weighted by atomic mass is 10.1. The van der Waals surface area contributed by atoms with Gasteiger partial charge in [-0.2, -0.15) is 0 Å². The Labute approximate surface area is 110 Å². The first-order valence-corrected chi connectivity index (χ1v) is 6.07. The van der Waals surface area contributed by atoms with E-state index < -0.39 is 12.0 Å². The van der Waals surface area contributed by atoms with E-state index in [4.69, 9.17) is 14.4 Å². The number of morpholine rings is 1. The molecule has 0 unspecified atom stereocenters. The third-order valence-corrected chi connectivity index (χ3v) is 2.96. The largest absolute Gasteiger partial charge is 0.481 e. The topological polar surface area (TPSA) is 92.9 Å². The summed E-state index contributed by atoms with van der Waals surface area (Å²) in [7, 11) is 0. The van der Waals surface area contributed by atoms with Crippen LogP contribution in [-0.2, 0) is 20.7 Å². The number of hydrogen-bond acceptors (Lipinski definition) is 5. The fourth-order valence-electron chi connectivity index (χ4n) is 2.10. The lowest BCUT2D eigenvalue weighted by Crippen LogP contribution is -2.50. The van der Waals surface area contributed by atoms with E-state index in [0.717, 1.165) is 0 Å². The van der Waals surface area contributed by atoms with E-state index in [2.05, 4.69) is 5.16 Å². The van der Waals surface area contributed by atoms with Crippen molar-refractivity contribution in [2.24, 2.45) is 0 Å². The van der Waals surface area contributed by atoms with E-state index in [-0.39, 0.29) is 25.4 Å². The molecule has 1 aliphatic heterocycles. The van der Waals surface area contributed by atoms with Crippen molar-refractivity contribution < 1.29 is 24.0 Å². The second-order valence-corrected chi connectivity index (χ2v) is 4.53. The quantitative estimate of drug-likeness (QED) is 0.840. The van der Waals surface area contributed by atoms with Gasteiger partial charge in [0.25, 0.3) is 0 Å². The smallest absolute Gasteiger partial charge is 0.305 e. The molecule has 1 fully saturated rings. The Balaban J connectivity index is 2.00. The van der Waals surface area contributed by atoms with Crippen LogP contribution in [0, 0.1) is 6.92 Å². The Morgan fingerprint density at radius 3 is 3.00 bits per heavy atom. The Hall–Kier alpha value is -1.89. The van der Waals surface area contributed by atoms with Crippen LogP contribution < -0.4 is 0 Å². The van der Waals surface area contributed by atoms with Gasteiger partial charge in [0.05, 0.1) is 37.8 Å². The van der Waals surface area contributed by atoms with Crippen LogP contribution in [0.15, 0.2) is 10.6 Å². The van der Waals surface area contributed by atoms with E-state index in [1.54, 1.807) is 17.9 Å².